The van der Waals surface area contributed by atoms with Gasteiger partial charge in [-0.1, -0.05) is 0 Å². The van der Waals surface area contributed by atoms with E-state index in [2.05, 4.69) is 0 Å². The van der Waals surface area contributed by atoms with Crippen LogP contribution < -0.4 is 0 Å². The lowest BCUT2D eigenvalue weighted by Gasteiger charge is -2.34. The lowest BCUT2D eigenvalue weighted by molar-refractivity contribution is -0.137. The SMILES string of the molecule is Cc1ccc(C(=O)N2CCO[C@H](CN(CC(=O)O)S(C)(=O)=O)C2)o1. The number of ether oxygens (including phenoxy) is 1. The number of aryl methyl sites for hydroxylation is 1. The summed E-state index contributed by atoms with van der Waals surface area (Å²) in [5.74, 6) is -0.734. The van der Waals surface area contributed by atoms with Crippen LogP contribution in [0.4, 0.5) is 0 Å². The van der Waals surface area contributed by atoms with Crippen LogP contribution in [-0.4, -0.2) is 79.8 Å². The van der Waals surface area contributed by atoms with E-state index >= 15 is 0 Å². The molecule has 1 aromatic heterocycles. The van der Waals surface area contributed by atoms with E-state index in [-0.39, 0.29) is 31.4 Å². The van der Waals surface area contributed by atoms with Gasteiger partial charge in [0, 0.05) is 19.6 Å². The Morgan fingerprint density at radius 1 is 1.42 bits per heavy atom. The zero-order valence-electron chi connectivity index (χ0n) is 13.5. The number of carbonyl (C=O) groups excluding carboxylic acids is 1. The molecule has 1 fully saturated rings. The number of morpholine rings is 1. The van der Waals surface area contributed by atoms with E-state index in [1.165, 1.54) is 4.90 Å². The van der Waals surface area contributed by atoms with Gasteiger partial charge in [0.1, 0.15) is 12.3 Å². The average molecular weight is 360 g/mol. The molecule has 1 atom stereocenters. The van der Waals surface area contributed by atoms with E-state index in [9.17, 15) is 18.0 Å². The first-order valence-electron chi connectivity index (χ1n) is 7.31. The minimum Gasteiger partial charge on any atom is -0.480 e. The van der Waals surface area contributed by atoms with Gasteiger partial charge in [-0.15, -0.1) is 0 Å². The standard InChI is InChI=1S/C14H20N2O7S/c1-10-3-4-12(23-10)14(19)15-5-6-22-11(7-15)8-16(9-13(17)18)24(2,20)21/h3-4,11H,5-9H2,1-2H3,(H,17,18)/t11-/m0/s1. The molecular formula is C14H20N2O7S. The van der Waals surface area contributed by atoms with Crippen molar-refractivity contribution in [2.24, 2.45) is 0 Å². The molecule has 134 valence electrons. The van der Waals surface area contributed by atoms with Gasteiger partial charge in [-0.3, -0.25) is 9.59 Å². The number of carbonyl (C=O) groups is 2. The molecule has 0 radical (unpaired) electrons. The van der Waals surface area contributed by atoms with Gasteiger partial charge in [0.25, 0.3) is 5.91 Å². The molecule has 1 aliphatic rings. The first kappa shape index (κ1) is 18.4. The molecule has 0 unspecified atom stereocenters. The molecule has 1 N–H and O–H groups in total. The zero-order chi connectivity index (χ0) is 17.9. The Kier molecular flexibility index (Phi) is 5.62. The van der Waals surface area contributed by atoms with Gasteiger partial charge in [0.05, 0.1) is 19.0 Å². The van der Waals surface area contributed by atoms with Crippen molar-refractivity contribution in [3.63, 3.8) is 0 Å². The van der Waals surface area contributed by atoms with Gasteiger partial charge in [0.15, 0.2) is 5.76 Å². The van der Waals surface area contributed by atoms with Gasteiger partial charge < -0.3 is 19.2 Å². The van der Waals surface area contributed by atoms with Crippen molar-refractivity contribution in [2.45, 2.75) is 13.0 Å². The molecule has 0 bridgehead atoms. The number of carboxylic acids is 1. The second-order valence-electron chi connectivity index (χ2n) is 5.60. The third-order valence-corrected chi connectivity index (χ3v) is 4.78. The second kappa shape index (κ2) is 7.32. The number of rotatable bonds is 6. The third kappa shape index (κ3) is 4.79. The van der Waals surface area contributed by atoms with E-state index < -0.39 is 28.6 Å². The average Bonchev–Trinajstić information content (AvgIpc) is 2.91. The molecule has 1 aliphatic heterocycles. The maximum absolute atomic E-state index is 12.4. The molecule has 9 nitrogen and oxygen atoms in total. The Morgan fingerprint density at radius 3 is 2.67 bits per heavy atom. The van der Waals surface area contributed by atoms with Crippen LogP contribution in [-0.2, 0) is 19.6 Å². The molecule has 1 aromatic rings. The van der Waals surface area contributed by atoms with E-state index in [1.807, 2.05) is 0 Å². The summed E-state index contributed by atoms with van der Waals surface area (Å²) < 4.78 is 35.0. The minimum atomic E-state index is -3.70. The summed E-state index contributed by atoms with van der Waals surface area (Å²) in [4.78, 5) is 24.7. The van der Waals surface area contributed by atoms with Gasteiger partial charge >= 0.3 is 5.97 Å². The Labute approximate surface area is 139 Å². The first-order chi connectivity index (χ1) is 11.2. The van der Waals surface area contributed by atoms with Gasteiger partial charge in [-0.2, -0.15) is 4.31 Å². The van der Waals surface area contributed by atoms with Gasteiger partial charge in [-0.25, -0.2) is 8.42 Å². The van der Waals surface area contributed by atoms with Crippen LogP contribution in [0.2, 0.25) is 0 Å². The fraction of sp³-hybridized carbons (Fsp3) is 0.571. The number of hydrogen-bond acceptors (Lipinski definition) is 6. The molecule has 2 rings (SSSR count). The van der Waals surface area contributed by atoms with E-state index in [0.29, 0.717) is 12.3 Å². The monoisotopic (exact) mass is 360 g/mol. The van der Waals surface area contributed by atoms with Crippen molar-refractivity contribution in [3.8, 4) is 0 Å². The zero-order valence-corrected chi connectivity index (χ0v) is 14.3. The van der Waals surface area contributed by atoms with Gasteiger partial charge in [0.2, 0.25) is 10.0 Å². The number of aliphatic carboxylic acids is 1. The quantitative estimate of drug-likeness (QED) is 0.745. The van der Waals surface area contributed by atoms with Crippen LogP contribution in [0.5, 0.6) is 0 Å². The smallest absolute Gasteiger partial charge is 0.318 e. The summed E-state index contributed by atoms with van der Waals surface area (Å²) in [5, 5.41) is 8.84. The highest BCUT2D eigenvalue weighted by molar-refractivity contribution is 7.88. The molecule has 2 heterocycles. The van der Waals surface area contributed by atoms with Crippen molar-refractivity contribution in [2.75, 3.05) is 39.0 Å². The van der Waals surface area contributed by atoms with Crippen LogP contribution in [0.1, 0.15) is 16.3 Å². The van der Waals surface area contributed by atoms with Crippen LogP contribution in [0.3, 0.4) is 0 Å². The second-order valence-corrected chi connectivity index (χ2v) is 7.59. The highest BCUT2D eigenvalue weighted by Gasteiger charge is 2.30. The van der Waals surface area contributed by atoms with Crippen molar-refractivity contribution in [1.82, 2.24) is 9.21 Å². The predicted octanol–water partition coefficient (Wildman–Crippen LogP) is -0.225. The summed E-state index contributed by atoms with van der Waals surface area (Å²) in [5.41, 5.74) is 0. The minimum absolute atomic E-state index is 0.133. The van der Waals surface area contributed by atoms with E-state index in [4.69, 9.17) is 14.3 Å². The maximum Gasteiger partial charge on any atom is 0.318 e. The van der Waals surface area contributed by atoms with Crippen molar-refractivity contribution >= 4 is 21.9 Å². The third-order valence-electron chi connectivity index (χ3n) is 3.57. The van der Waals surface area contributed by atoms with Crippen LogP contribution >= 0.6 is 0 Å². The number of nitrogens with zero attached hydrogens (tertiary/aromatic N) is 2. The number of amides is 1. The molecule has 0 saturated carbocycles. The Bertz CT molecular complexity index is 712. The lowest BCUT2D eigenvalue weighted by Crippen LogP contribution is -2.51. The van der Waals surface area contributed by atoms with Crippen LogP contribution in [0.25, 0.3) is 0 Å². The number of furan rings is 1. The summed E-state index contributed by atoms with van der Waals surface area (Å²) in [7, 11) is -3.70. The highest BCUT2D eigenvalue weighted by atomic mass is 32.2. The Morgan fingerprint density at radius 2 is 2.12 bits per heavy atom. The first-order valence-corrected chi connectivity index (χ1v) is 9.16. The predicted molar refractivity (Wildman–Crippen MR) is 83.1 cm³/mol. The van der Waals surface area contributed by atoms with E-state index in [1.54, 1.807) is 19.1 Å². The van der Waals surface area contributed by atoms with Gasteiger partial charge in [-0.05, 0) is 19.1 Å². The van der Waals surface area contributed by atoms with Crippen LogP contribution in [0.15, 0.2) is 16.5 Å². The molecule has 10 heteroatoms. The molecular weight excluding hydrogens is 340 g/mol. The molecule has 24 heavy (non-hydrogen) atoms. The number of hydrogen-bond donors (Lipinski definition) is 1. The molecule has 0 aromatic carbocycles. The molecule has 1 saturated heterocycles. The molecule has 0 spiro atoms. The summed E-state index contributed by atoms with van der Waals surface area (Å²) in [6.45, 7) is 1.70. The summed E-state index contributed by atoms with van der Waals surface area (Å²) in [6.07, 6.45) is 0.334. The lowest BCUT2D eigenvalue weighted by atomic mass is 10.2. The fourth-order valence-electron chi connectivity index (χ4n) is 2.41. The summed E-state index contributed by atoms with van der Waals surface area (Å²) >= 11 is 0. The Balaban J connectivity index is 2.04. The molecule has 0 aliphatic carbocycles. The Hall–Kier alpha value is -1.91. The topological polar surface area (TPSA) is 117 Å². The van der Waals surface area contributed by atoms with Crippen molar-refractivity contribution in [3.05, 3.63) is 23.7 Å². The number of carboxylic acid groups (broad SMARTS) is 1. The maximum atomic E-state index is 12.4. The number of sulfonamides is 1. The van der Waals surface area contributed by atoms with Crippen molar-refractivity contribution in [1.29, 1.82) is 0 Å². The fourth-order valence-corrected chi connectivity index (χ4v) is 3.20. The molecule has 1 amide bonds. The highest BCUT2D eigenvalue weighted by Crippen LogP contribution is 2.14. The van der Waals surface area contributed by atoms with Crippen molar-refractivity contribution < 1.29 is 32.3 Å². The largest absolute Gasteiger partial charge is 0.480 e. The summed E-state index contributed by atoms with van der Waals surface area (Å²) in [6, 6.07) is 3.26. The normalized spacial score (nSPS) is 18.8. The van der Waals surface area contributed by atoms with Crippen LogP contribution in [0, 0.1) is 6.92 Å². The van der Waals surface area contributed by atoms with E-state index in [0.717, 1.165) is 10.6 Å².